The molecule has 3 aliphatic carbocycles. The van der Waals surface area contributed by atoms with E-state index in [0.29, 0.717) is 0 Å². The third-order valence-electron chi connectivity index (χ3n) is 3.92. The number of fused-ring (bicyclic) bond motifs is 5. The molecule has 14 heavy (non-hydrogen) atoms. The molecule has 0 heteroatoms. The van der Waals surface area contributed by atoms with Gasteiger partial charge >= 0.3 is 0 Å². The van der Waals surface area contributed by atoms with Gasteiger partial charge in [-0.3, -0.25) is 0 Å². The molecule has 0 aliphatic heterocycles. The van der Waals surface area contributed by atoms with E-state index < -0.39 is 0 Å². The zero-order valence-corrected chi connectivity index (χ0v) is 10.3. The highest BCUT2D eigenvalue weighted by atomic mass is 14.5. The van der Waals surface area contributed by atoms with Crippen molar-refractivity contribution in [2.75, 3.05) is 0 Å². The molecular weight excluding hydrogens is 168 g/mol. The van der Waals surface area contributed by atoms with Crippen molar-refractivity contribution in [1.29, 1.82) is 0 Å². The predicted octanol–water partition coefficient (Wildman–Crippen LogP) is 4.66. The summed E-state index contributed by atoms with van der Waals surface area (Å²) in [6, 6.07) is 0. The first-order valence-corrected chi connectivity index (χ1v) is 6.62. The zero-order chi connectivity index (χ0) is 10.6. The van der Waals surface area contributed by atoms with Crippen LogP contribution in [-0.2, 0) is 0 Å². The third-order valence-corrected chi connectivity index (χ3v) is 3.92. The van der Waals surface area contributed by atoms with Crippen LogP contribution in [0.3, 0.4) is 0 Å². The van der Waals surface area contributed by atoms with Crippen molar-refractivity contribution >= 4 is 0 Å². The third kappa shape index (κ3) is 1.89. The van der Waals surface area contributed by atoms with E-state index in [1.807, 2.05) is 27.7 Å². The molecule has 2 bridgehead atoms. The van der Waals surface area contributed by atoms with Gasteiger partial charge < -0.3 is 0 Å². The maximum atomic E-state index is 2.49. The first-order chi connectivity index (χ1) is 6.95. The first kappa shape index (κ1) is 11.8. The molecule has 0 aromatic heterocycles. The molecular formula is C14H26. The summed E-state index contributed by atoms with van der Waals surface area (Å²) in [5.74, 6) is 4.36. The molecule has 0 heterocycles. The van der Waals surface area contributed by atoms with Crippen LogP contribution in [0.5, 0.6) is 0 Å². The van der Waals surface area contributed by atoms with Crippen molar-refractivity contribution in [3.05, 3.63) is 12.2 Å². The van der Waals surface area contributed by atoms with Crippen molar-refractivity contribution in [3.8, 4) is 0 Å². The monoisotopic (exact) mass is 194 g/mol. The largest absolute Gasteiger partial charge is 0.0879 e. The van der Waals surface area contributed by atoms with Crippen molar-refractivity contribution in [3.63, 3.8) is 0 Å². The van der Waals surface area contributed by atoms with E-state index in [4.69, 9.17) is 0 Å². The van der Waals surface area contributed by atoms with Crippen LogP contribution in [0.4, 0.5) is 0 Å². The van der Waals surface area contributed by atoms with Crippen LogP contribution >= 0.6 is 0 Å². The van der Waals surface area contributed by atoms with Crippen molar-refractivity contribution in [2.45, 2.75) is 53.4 Å². The summed E-state index contributed by atoms with van der Waals surface area (Å²) in [5, 5.41) is 0. The van der Waals surface area contributed by atoms with Crippen molar-refractivity contribution < 1.29 is 0 Å². The molecule has 0 radical (unpaired) electrons. The van der Waals surface area contributed by atoms with Gasteiger partial charge in [-0.15, -0.1) is 0 Å². The molecule has 0 amide bonds. The Morgan fingerprint density at radius 1 is 0.929 bits per heavy atom. The first-order valence-electron chi connectivity index (χ1n) is 6.62. The summed E-state index contributed by atoms with van der Waals surface area (Å²) in [6.45, 7) is 8.00. The van der Waals surface area contributed by atoms with E-state index in [0.717, 1.165) is 23.7 Å². The summed E-state index contributed by atoms with van der Waals surface area (Å²) in [5.41, 5.74) is 0. The SMILES string of the molecule is C1=CC2C3CCC(C3)C2C1.CC.CC. The van der Waals surface area contributed by atoms with Gasteiger partial charge in [0.25, 0.3) is 0 Å². The molecule has 2 saturated carbocycles. The van der Waals surface area contributed by atoms with Gasteiger partial charge in [0.2, 0.25) is 0 Å². The molecule has 3 aliphatic rings. The molecule has 0 aromatic rings. The second-order valence-corrected chi connectivity index (χ2v) is 4.24. The van der Waals surface area contributed by atoms with Crippen LogP contribution in [-0.4, -0.2) is 0 Å². The van der Waals surface area contributed by atoms with E-state index in [1.165, 1.54) is 12.8 Å². The molecule has 0 spiro atoms. The molecule has 3 rings (SSSR count). The summed E-state index contributed by atoms with van der Waals surface area (Å²) in [7, 11) is 0. The normalized spacial score (nSPS) is 40.9. The fourth-order valence-electron chi connectivity index (χ4n) is 3.50. The number of hydrogen-bond donors (Lipinski definition) is 0. The molecule has 4 atom stereocenters. The Bertz CT molecular complexity index is 180. The average molecular weight is 194 g/mol. The average Bonchev–Trinajstić information content (AvgIpc) is 2.97. The summed E-state index contributed by atoms with van der Waals surface area (Å²) in [6.07, 6.45) is 11.0. The molecule has 4 unspecified atom stereocenters. The van der Waals surface area contributed by atoms with Gasteiger partial charge in [-0.25, -0.2) is 0 Å². The number of allylic oxidation sites excluding steroid dienone is 2. The number of rotatable bonds is 0. The predicted molar refractivity (Wildman–Crippen MR) is 64.3 cm³/mol. The minimum atomic E-state index is 1.03. The highest BCUT2D eigenvalue weighted by Gasteiger charge is 2.47. The van der Waals surface area contributed by atoms with Crippen LogP contribution in [0, 0.1) is 23.7 Å². The highest BCUT2D eigenvalue weighted by Crippen LogP contribution is 2.56. The number of hydrogen-bond acceptors (Lipinski definition) is 0. The standard InChI is InChI=1S/C10H14.2C2H6/c1-2-9-7-4-5-8(6-7)10(9)3-1;2*1-2/h1-2,7-10H,3-6H2;2*1-2H3. The van der Waals surface area contributed by atoms with Gasteiger partial charge in [0.15, 0.2) is 0 Å². The van der Waals surface area contributed by atoms with Gasteiger partial charge in [0, 0.05) is 0 Å². The molecule has 0 nitrogen and oxygen atoms in total. The van der Waals surface area contributed by atoms with E-state index >= 15 is 0 Å². The van der Waals surface area contributed by atoms with Crippen LogP contribution in [0.15, 0.2) is 12.2 Å². The van der Waals surface area contributed by atoms with E-state index in [1.54, 1.807) is 12.8 Å². The summed E-state index contributed by atoms with van der Waals surface area (Å²) >= 11 is 0. The summed E-state index contributed by atoms with van der Waals surface area (Å²) in [4.78, 5) is 0. The maximum Gasteiger partial charge on any atom is -0.0171 e. The van der Waals surface area contributed by atoms with E-state index in [2.05, 4.69) is 12.2 Å². The molecule has 82 valence electrons. The van der Waals surface area contributed by atoms with Gasteiger partial charge in [-0.2, -0.15) is 0 Å². The van der Waals surface area contributed by atoms with Crippen molar-refractivity contribution in [1.82, 2.24) is 0 Å². The molecule has 0 saturated heterocycles. The van der Waals surface area contributed by atoms with Gasteiger partial charge in [-0.1, -0.05) is 39.8 Å². The van der Waals surface area contributed by atoms with Gasteiger partial charge in [0.05, 0.1) is 0 Å². The Morgan fingerprint density at radius 2 is 1.57 bits per heavy atom. The van der Waals surface area contributed by atoms with E-state index in [9.17, 15) is 0 Å². The Labute approximate surface area is 89.8 Å². The smallest absolute Gasteiger partial charge is 0.0171 e. The topological polar surface area (TPSA) is 0 Å². The maximum absolute atomic E-state index is 2.49. The fraction of sp³-hybridized carbons (Fsp3) is 0.857. The lowest BCUT2D eigenvalue weighted by Gasteiger charge is -2.23. The fourth-order valence-corrected chi connectivity index (χ4v) is 3.50. The molecule has 2 fully saturated rings. The second kappa shape index (κ2) is 5.58. The zero-order valence-electron chi connectivity index (χ0n) is 10.3. The summed E-state index contributed by atoms with van der Waals surface area (Å²) < 4.78 is 0. The lowest BCUT2D eigenvalue weighted by molar-refractivity contribution is 0.285. The van der Waals surface area contributed by atoms with Crippen LogP contribution < -0.4 is 0 Å². The molecule has 0 aromatic carbocycles. The minimum absolute atomic E-state index is 1.03. The Hall–Kier alpha value is -0.260. The van der Waals surface area contributed by atoms with Crippen LogP contribution in [0.2, 0.25) is 0 Å². The Balaban J connectivity index is 0.000000222. The van der Waals surface area contributed by atoms with Crippen molar-refractivity contribution in [2.24, 2.45) is 23.7 Å². The van der Waals surface area contributed by atoms with Crippen LogP contribution in [0.25, 0.3) is 0 Å². The lowest BCUT2D eigenvalue weighted by Crippen LogP contribution is -2.16. The second-order valence-electron chi connectivity index (χ2n) is 4.24. The minimum Gasteiger partial charge on any atom is -0.0879 e. The Kier molecular flexibility index (Phi) is 4.71. The molecule has 0 N–H and O–H groups in total. The quantitative estimate of drug-likeness (QED) is 0.492. The Morgan fingerprint density at radius 3 is 2.21 bits per heavy atom. The highest BCUT2D eigenvalue weighted by molar-refractivity contribution is 5.11. The van der Waals surface area contributed by atoms with E-state index in [-0.39, 0.29) is 0 Å². The lowest BCUT2D eigenvalue weighted by atomic mass is 9.82. The van der Waals surface area contributed by atoms with Gasteiger partial charge in [0.1, 0.15) is 0 Å². The van der Waals surface area contributed by atoms with Crippen LogP contribution in [0.1, 0.15) is 53.4 Å². The van der Waals surface area contributed by atoms with Gasteiger partial charge in [-0.05, 0) is 49.4 Å².